The predicted molar refractivity (Wildman–Crippen MR) is 90.0 cm³/mol. The minimum Gasteiger partial charge on any atom is -0.355 e. The fourth-order valence-corrected chi connectivity index (χ4v) is 2.63. The fourth-order valence-electron chi connectivity index (χ4n) is 2.63. The average Bonchev–Trinajstić information content (AvgIpc) is 3.06. The minimum atomic E-state index is -0.364. The molecule has 0 aliphatic carbocycles. The van der Waals surface area contributed by atoms with Crippen molar-refractivity contribution in [3.8, 4) is 0 Å². The summed E-state index contributed by atoms with van der Waals surface area (Å²) in [5, 5.41) is 5.55. The number of rotatable bonds is 3. The van der Waals surface area contributed by atoms with Gasteiger partial charge in [-0.25, -0.2) is 9.78 Å². The highest BCUT2D eigenvalue weighted by atomic mass is 16.2. The zero-order valence-electron chi connectivity index (χ0n) is 13.0. The summed E-state index contributed by atoms with van der Waals surface area (Å²) < 4.78 is 1.41. The Bertz CT molecular complexity index is 765. The third-order valence-corrected chi connectivity index (χ3v) is 3.78. The molecule has 1 aliphatic rings. The Morgan fingerprint density at radius 3 is 2.70 bits per heavy atom. The van der Waals surface area contributed by atoms with Crippen LogP contribution in [0, 0.1) is 0 Å². The van der Waals surface area contributed by atoms with Gasteiger partial charge in [-0.15, -0.1) is 0 Å². The number of aryl methyl sites for hydroxylation is 1. The molecule has 0 radical (unpaired) electrons. The van der Waals surface area contributed by atoms with Crippen molar-refractivity contribution >= 4 is 23.2 Å². The molecular formula is C16H19N5O2. The fraction of sp³-hybridized carbons (Fsp3) is 0.312. The van der Waals surface area contributed by atoms with Crippen molar-refractivity contribution in [1.29, 1.82) is 0 Å². The molecule has 3 heterocycles. The lowest BCUT2D eigenvalue weighted by Gasteiger charge is -2.20. The molecule has 0 atom stereocenters. The number of amides is 2. The molecule has 1 fully saturated rings. The van der Waals surface area contributed by atoms with Crippen LogP contribution in [0.3, 0.4) is 0 Å². The van der Waals surface area contributed by atoms with Crippen LogP contribution in [-0.4, -0.2) is 28.7 Å². The second kappa shape index (κ2) is 6.51. The van der Waals surface area contributed by atoms with Crippen molar-refractivity contribution in [2.24, 2.45) is 7.05 Å². The summed E-state index contributed by atoms with van der Waals surface area (Å²) in [7, 11) is 1.64. The van der Waals surface area contributed by atoms with Crippen LogP contribution >= 0.6 is 0 Å². The first-order chi connectivity index (χ1) is 11.1. The molecule has 1 aliphatic heterocycles. The van der Waals surface area contributed by atoms with E-state index in [1.54, 1.807) is 31.6 Å². The SMILES string of the molecule is Cn1cc(NC(=O)Nc2cccnc2N2CCCC2)ccc1=O. The zero-order chi connectivity index (χ0) is 16.2. The molecule has 7 nitrogen and oxygen atoms in total. The van der Waals surface area contributed by atoms with Gasteiger partial charge in [-0.2, -0.15) is 0 Å². The normalized spacial score (nSPS) is 13.9. The summed E-state index contributed by atoms with van der Waals surface area (Å²) in [6.45, 7) is 1.90. The monoisotopic (exact) mass is 313 g/mol. The molecule has 2 aromatic rings. The van der Waals surface area contributed by atoms with Crippen molar-refractivity contribution in [2.45, 2.75) is 12.8 Å². The van der Waals surface area contributed by atoms with Gasteiger partial charge in [-0.1, -0.05) is 0 Å². The molecule has 0 unspecified atom stereocenters. The van der Waals surface area contributed by atoms with Gasteiger partial charge in [0, 0.05) is 38.6 Å². The molecule has 23 heavy (non-hydrogen) atoms. The van der Waals surface area contributed by atoms with E-state index in [1.807, 2.05) is 6.07 Å². The molecule has 0 bridgehead atoms. The average molecular weight is 313 g/mol. The molecule has 2 N–H and O–H groups in total. The molecule has 7 heteroatoms. The second-order valence-electron chi connectivity index (χ2n) is 5.51. The van der Waals surface area contributed by atoms with E-state index in [0.717, 1.165) is 31.7 Å². The predicted octanol–water partition coefficient (Wildman–Crippen LogP) is 2.02. The van der Waals surface area contributed by atoms with Gasteiger partial charge in [0.2, 0.25) is 5.56 Å². The Hall–Kier alpha value is -2.83. The molecule has 3 rings (SSSR count). The lowest BCUT2D eigenvalue weighted by atomic mass is 10.3. The van der Waals surface area contributed by atoms with Crippen LogP contribution < -0.4 is 21.1 Å². The minimum absolute atomic E-state index is 0.125. The lowest BCUT2D eigenvalue weighted by Crippen LogP contribution is -2.25. The lowest BCUT2D eigenvalue weighted by molar-refractivity contribution is 0.262. The second-order valence-corrected chi connectivity index (χ2v) is 5.51. The van der Waals surface area contributed by atoms with Crippen LogP contribution in [0.5, 0.6) is 0 Å². The van der Waals surface area contributed by atoms with Crippen molar-refractivity contribution in [3.63, 3.8) is 0 Å². The number of carbonyl (C=O) groups is 1. The summed E-state index contributed by atoms with van der Waals surface area (Å²) in [5.74, 6) is 0.792. The van der Waals surface area contributed by atoms with E-state index in [4.69, 9.17) is 0 Å². The van der Waals surface area contributed by atoms with Crippen LogP contribution in [0.15, 0.2) is 41.5 Å². The first-order valence-corrected chi connectivity index (χ1v) is 7.58. The quantitative estimate of drug-likeness (QED) is 0.908. The van der Waals surface area contributed by atoms with Gasteiger partial charge in [-0.3, -0.25) is 4.79 Å². The van der Waals surface area contributed by atoms with Crippen molar-refractivity contribution in [2.75, 3.05) is 28.6 Å². The summed E-state index contributed by atoms with van der Waals surface area (Å²) in [6, 6.07) is 6.25. The molecule has 120 valence electrons. The van der Waals surface area contributed by atoms with E-state index in [2.05, 4.69) is 20.5 Å². The van der Waals surface area contributed by atoms with E-state index in [1.165, 1.54) is 10.6 Å². The van der Waals surface area contributed by atoms with Gasteiger partial charge in [0.1, 0.15) is 0 Å². The Morgan fingerprint density at radius 2 is 1.96 bits per heavy atom. The molecular weight excluding hydrogens is 294 g/mol. The van der Waals surface area contributed by atoms with Crippen LogP contribution in [0.2, 0.25) is 0 Å². The summed E-state index contributed by atoms with van der Waals surface area (Å²) in [6.07, 6.45) is 5.58. The summed E-state index contributed by atoms with van der Waals surface area (Å²) in [5.41, 5.74) is 1.10. The van der Waals surface area contributed by atoms with E-state index < -0.39 is 0 Å². The van der Waals surface area contributed by atoms with Crippen LogP contribution in [0.1, 0.15) is 12.8 Å². The number of pyridine rings is 2. The van der Waals surface area contributed by atoms with Gasteiger partial charge >= 0.3 is 6.03 Å². The maximum Gasteiger partial charge on any atom is 0.323 e. The van der Waals surface area contributed by atoms with Crippen LogP contribution in [0.25, 0.3) is 0 Å². The highest BCUT2D eigenvalue weighted by molar-refractivity contribution is 6.01. The first kappa shape index (κ1) is 15.1. The Morgan fingerprint density at radius 1 is 1.17 bits per heavy atom. The zero-order valence-corrected chi connectivity index (χ0v) is 13.0. The molecule has 0 spiro atoms. The van der Waals surface area contributed by atoms with Crippen LogP contribution in [0.4, 0.5) is 22.0 Å². The number of nitrogens with one attached hydrogen (secondary N) is 2. The maximum atomic E-state index is 12.2. The van der Waals surface area contributed by atoms with Gasteiger partial charge in [0.15, 0.2) is 5.82 Å². The van der Waals surface area contributed by atoms with E-state index >= 15 is 0 Å². The van der Waals surface area contributed by atoms with Gasteiger partial charge in [-0.05, 0) is 31.0 Å². The summed E-state index contributed by atoms with van der Waals surface area (Å²) in [4.78, 5) is 30.1. The largest absolute Gasteiger partial charge is 0.355 e. The third kappa shape index (κ3) is 3.50. The Kier molecular flexibility index (Phi) is 4.27. The molecule has 0 saturated carbocycles. The van der Waals surface area contributed by atoms with E-state index in [9.17, 15) is 9.59 Å². The first-order valence-electron chi connectivity index (χ1n) is 7.58. The molecule has 2 aromatic heterocycles. The summed E-state index contributed by atoms with van der Waals surface area (Å²) >= 11 is 0. The number of anilines is 3. The highest BCUT2D eigenvalue weighted by Gasteiger charge is 2.17. The van der Waals surface area contributed by atoms with Crippen molar-refractivity contribution < 1.29 is 4.79 Å². The van der Waals surface area contributed by atoms with Crippen molar-refractivity contribution in [1.82, 2.24) is 9.55 Å². The molecule has 2 amide bonds. The number of carbonyl (C=O) groups excluding carboxylic acids is 1. The van der Waals surface area contributed by atoms with Gasteiger partial charge in [0.05, 0.1) is 11.4 Å². The van der Waals surface area contributed by atoms with Gasteiger partial charge in [0.25, 0.3) is 0 Å². The third-order valence-electron chi connectivity index (χ3n) is 3.78. The van der Waals surface area contributed by atoms with E-state index in [0.29, 0.717) is 11.4 Å². The standard InChI is InChI=1S/C16H19N5O2/c1-20-11-12(6-7-14(20)22)18-16(23)19-13-5-4-8-17-15(13)21-9-2-3-10-21/h4-8,11H,2-3,9-10H2,1H3,(H2,18,19,23). The molecule has 0 aromatic carbocycles. The Labute approximate surface area is 134 Å². The topological polar surface area (TPSA) is 79.3 Å². The van der Waals surface area contributed by atoms with Crippen molar-refractivity contribution in [3.05, 3.63) is 47.0 Å². The highest BCUT2D eigenvalue weighted by Crippen LogP contribution is 2.26. The van der Waals surface area contributed by atoms with Gasteiger partial charge < -0.3 is 20.1 Å². The Balaban J connectivity index is 1.72. The maximum absolute atomic E-state index is 12.2. The van der Waals surface area contributed by atoms with Crippen LogP contribution in [-0.2, 0) is 7.05 Å². The number of aromatic nitrogens is 2. The number of nitrogens with zero attached hydrogens (tertiary/aromatic N) is 3. The smallest absolute Gasteiger partial charge is 0.323 e. The van der Waals surface area contributed by atoms with E-state index in [-0.39, 0.29) is 11.6 Å². The number of hydrogen-bond donors (Lipinski definition) is 2. The number of hydrogen-bond acceptors (Lipinski definition) is 4. The number of urea groups is 1. The molecule has 1 saturated heterocycles.